The highest BCUT2D eigenvalue weighted by atomic mass is 16.5. The first kappa shape index (κ1) is 12.1. The minimum absolute atomic E-state index is 0.0725. The quantitative estimate of drug-likeness (QED) is 0.887. The number of carbonyl (C=O) groups is 1. The fourth-order valence-corrected chi connectivity index (χ4v) is 1.72. The highest BCUT2D eigenvalue weighted by Gasteiger charge is 2.16. The van der Waals surface area contributed by atoms with E-state index >= 15 is 0 Å². The molecule has 18 heavy (non-hydrogen) atoms. The van der Waals surface area contributed by atoms with E-state index in [1.165, 1.54) is 10.9 Å². The number of aromatic nitrogens is 3. The van der Waals surface area contributed by atoms with Crippen molar-refractivity contribution in [2.45, 2.75) is 13.0 Å². The first-order valence-corrected chi connectivity index (χ1v) is 5.41. The molecular formula is C12H13N3O3. The lowest BCUT2D eigenvalue weighted by molar-refractivity contribution is 0.0690. The van der Waals surface area contributed by atoms with Gasteiger partial charge in [-0.05, 0) is 13.0 Å². The Labute approximate surface area is 104 Å². The molecule has 0 saturated heterocycles. The molecule has 6 nitrogen and oxygen atoms in total. The molecule has 0 bridgehead atoms. The van der Waals surface area contributed by atoms with E-state index in [0.717, 1.165) is 11.3 Å². The van der Waals surface area contributed by atoms with Gasteiger partial charge in [0.15, 0.2) is 5.69 Å². The molecule has 2 rings (SSSR count). The fourth-order valence-electron chi connectivity index (χ4n) is 1.72. The summed E-state index contributed by atoms with van der Waals surface area (Å²) in [6.45, 7) is 1.90. The summed E-state index contributed by atoms with van der Waals surface area (Å²) >= 11 is 0. The Morgan fingerprint density at radius 2 is 2.17 bits per heavy atom. The predicted octanol–water partition coefficient (Wildman–Crippen LogP) is 1.59. The Morgan fingerprint density at radius 3 is 2.78 bits per heavy atom. The normalized spacial score (nSPS) is 12.1. The maximum absolute atomic E-state index is 10.8. The number of carboxylic acids is 1. The van der Waals surface area contributed by atoms with E-state index in [9.17, 15) is 4.79 Å². The molecule has 0 aliphatic rings. The number of methoxy groups -OCH3 is 1. The summed E-state index contributed by atoms with van der Waals surface area (Å²) < 4.78 is 6.77. The number of hydrogen-bond acceptors (Lipinski definition) is 4. The summed E-state index contributed by atoms with van der Waals surface area (Å²) in [6.07, 6.45) is 1.40. The zero-order valence-corrected chi connectivity index (χ0v) is 10.1. The van der Waals surface area contributed by atoms with Crippen LogP contribution in [0.25, 0.3) is 0 Å². The fraction of sp³-hybridized carbons (Fsp3) is 0.250. The molecule has 1 aromatic heterocycles. The number of benzene rings is 1. The molecule has 1 unspecified atom stereocenters. The summed E-state index contributed by atoms with van der Waals surface area (Å²) in [6, 6.07) is 7.37. The van der Waals surface area contributed by atoms with Crippen molar-refractivity contribution in [2.24, 2.45) is 0 Å². The summed E-state index contributed by atoms with van der Waals surface area (Å²) in [5, 5.41) is 16.2. The van der Waals surface area contributed by atoms with E-state index in [1.54, 1.807) is 7.11 Å². The van der Waals surface area contributed by atoms with Crippen LogP contribution in [0.3, 0.4) is 0 Å². The van der Waals surface area contributed by atoms with Gasteiger partial charge in [0.1, 0.15) is 5.75 Å². The van der Waals surface area contributed by atoms with Gasteiger partial charge in [-0.25, -0.2) is 9.48 Å². The molecule has 0 radical (unpaired) electrons. The standard InChI is InChI=1S/C12H13N3O3/c1-8(9-5-3-4-6-11(9)18-2)15-7-10(12(16)17)13-14-15/h3-8H,1-2H3,(H,16,17). The van der Waals surface area contributed by atoms with Crippen LogP contribution < -0.4 is 4.74 Å². The van der Waals surface area contributed by atoms with Crippen LogP contribution in [0, 0.1) is 0 Å². The van der Waals surface area contributed by atoms with E-state index in [1.807, 2.05) is 31.2 Å². The van der Waals surface area contributed by atoms with Gasteiger partial charge in [0.2, 0.25) is 0 Å². The van der Waals surface area contributed by atoms with Crippen molar-refractivity contribution in [3.05, 3.63) is 41.7 Å². The summed E-state index contributed by atoms with van der Waals surface area (Å²) in [5.41, 5.74) is 0.846. The van der Waals surface area contributed by atoms with Gasteiger partial charge in [-0.2, -0.15) is 0 Å². The van der Waals surface area contributed by atoms with Crippen LogP contribution >= 0.6 is 0 Å². The maximum atomic E-state index is 10.8. The monoisotopic (exact) mass is 247 g/mol. The van der Waals surface area contributed by atoms with Crippen LogP contribution in [0.15, 0.2) is 30.5 Å². The number of hydrogen-bond donors (Lipinski definition) is 1. The molecule has 0 spiro atoms. The number of rotatable bonds is 4. The Kier molecular flexibility index (Phi) is 3.27. The van der Waals surface area contributed by atoms with Crippen LogP contribution in [0.1, 0.15) is 29.0 Å². The third kappa shape index (κ3) is 2.17. The van der Waals surface area contributed by atoms with Crippen molar-refractivity contribution in [3.8, 4) is 5.75 Å². The zero-order valence-electron chi connectivity index (χ0n) is 10.1. The third-order valence-corrected chi connectivity index (χ3v) is 2.72. The Bertz CT molecular complexity index is 565. The summed E-state index contributed by atoms with van der Waals surface area (Å²) in [5.74, 6) is -0.356. The second-order valence-corrected chi connectivity index (χ2v) is 3.81. The number of carboxylic acid groups (broad SMARTS) is 1. The molecule has 94 valence electrons. The lowest BCUT2D eigenvalue weighted by atomic mass is 10.1. The van der Waals surface area contributed by atoms with Crippen LogP contribution in [-0.4, -0.2) is 33.2 Å². The second kappa shape index (κ2) is 4.87. The van der Waals surface area contributed by atoms with Crippen molar-refractivity contribution in [1.29, 1.82) is 0 Å². The smallest absolute Gasteiger partial charge is 0.358 e. The van der Waals surface area contributed by atoms with Crippen molar-refractivity contribution in [2.75, 3.05) is 7.11 Å². The maximum Gasteiger partial charge on any atom is 0.358 e. The molecule has 0 fully saturated rings. The highest BCUT2D eigenvalue weighted by molar-refractivity contribution is 5.84. The largest absolute Gasteiger partial charge is 0.496 e. The Hall–Kier alpha value is -2.37. The average Bonchev–Trinajstić information content (AvgIpc) is 2.87. The van der Waals surface area contributed by atoms with E-state index in [0.29, 0.717) is 0 Å². The van der Waals surface area contributed by atoms with E-state index in [4.69, 9.17) is 9.84 Å². The Balaban J connectivity index is 2.35. The molecule has 1 atom stereocenters. The van der Waals surface area contributed by atoms with Crippen LogP contribution in [0.4, 0.5) is 0 Å². The van der Waals surface area contributed by atoms with E-state index in [2.05, 4.69) is 10.3 Å². The number of nitrogens with zero attached hydrogens (tertiary/aromatic N) is 3. The average molecular weight is 247 g/mol. The van der Waals surface area contributed by atoms with Gasteiger partial charge in [0.05, 0.1) is 19.3 Å². The first-order valence-electron chi connectivity index (χ1n) is 5.41. The van der Waals surface area contributed by atoms with Crippen molar-refractivity contribution >= 4 is 5.97 Å². The summed E-state index contributed by atoms with van der Waals surface area (Å²) in [4.78, 5) is 10.8. The van der Waals surface area contributed by atoms with E-state index in [-0.39, 0.29) is 11.7 Å². The van der Waals surface area contributed by atoms with Gasteiger partial charge >= 0.3 is 5.97 Å². The number of aromatic carboxylic acids is 1. The molecule has 0 saturated carbocycles. The molecule has 2 aromatic rings. The van der Waals surface area contributed by atoms with Crippen molar-refractivity contribution < 1.29 is 14.6 Å². The van der Waals surface area contributed by atoms with E-state index < -0.39 is 5.97 Å². The van der Waals surface area contributed by atoms with Gasteiger partial charge in [-0.15, -0.1) is 5.10 Å². The molecule has 1 aromatic carbocycles. The van der Waals surface area contributed by atoms with Crippen molar-refractivity contribution in [3.63, 3.8) is 0 Å². The van der Waals surface area contributed by atoms with Crippen LogP contribution in [0.5, 0.6) is 5.75 Å². The topological polar surface area (TPSA) is 77.2 Å². The summed E-state index contributed by atoms with van der Waals surface area (Å²) in [7, 11) is 1.59. The van der Waals surface area contributed by atoms with Crippen LogP contribution in [0.2, 0.25) is 0 Å². The van der Waals surface area contributed by atoms with Gasteiger partial charge in [0.25, 0.3) is 0 Å². The third-order valence-electron chi connectivity index (χ3n) is 2.72. The predicted molar refractivity (Wildman–Crippen MR) is 63.8 cm³/mol. The molecule has 6 heteroatoms. The zero-order chi connectivity index (χ0) is 13.1. The molecule has 1 N–H and O–H groups in total. The molecule has 0 amide bonds. The molecule has 0 aliphatic carbocycles. The van der Waals surface area contributed by atoms with Gasteiger partial charge in [-0.1, -0.05) is 23.4 Å². The molecule has 0 aliphatic heterocycles. The lowest BCUT2D eigenvalue weighted by Crippen LogP contribution is -2.09. The molecular weight excluding hydrogens is 234 g/mol. The lowest BCUT2D eigenvalue weighted by Gasteiger charge is -2.15. The van der Waals surface area contributed by atoms with Crippen molar-refractivity contribution in [1.82, 2.24) is 15.0 Å². The number of para-hydroxylation sites is 1. The van der Waals surface area contributed by atoms with Gasteiger partial charge < -0.3 is 9.84 Å². The van der Waals surface area contributed by atoms with Gasteiger partial charge in [-0.3, -0.25) is 0 Å². The van der Waals surface area contributed by atoms with Gasteiger partial charge in [0, 0.05) is 5.56 Å². The number of ether oxygens (including phenoxy) is 1. The minimum atomic E-state index is -1.09. The SMILES string of the molecule is COc1ccccc1C(C)n1cc(C(=O)O)nn1. The Morgan fingerprint density at radius 1 is 1.44 bits per heavy atom. The highest BCUT2D eigenvalue weighted by Crippen LogP contribution is 2.26. The second-order valence-electron chi connectivity index (χ2n) is 3.81. The first-order chi connectivity index (χ1) is 8.63. The molecule has 1 heterocycles. The minimum Gasteiger partial charge on any atom is -0.496 e. The van der Waals surface area contributed by atoms with Crippen LogP contribution in [-0.2, 0) is 0 Å².